The summed E-state index contributed by atoms with van der Waals surface area (Å²) in [5.41, 5.74) is 4.08. The minimum Gasteiger partial charge on any atom is -0.463 e. The number of hydrogen-bond acceptors (Lipinski definition) is 5. The summed E-state index contributed by atoms with van der Waals surface area (Å²) >= 11 is 6.41. The lowest BCUT2D eigenvalue weighted by molar-refractivity contribution is -0.139. The van der Waals surface area contributed by atoms with Gasteiger partial charge >= 0.3 is 12.0 Å². The summed E-state index contributed by atoms with van der Waals surface area (Å²) in [5.74, 6) is -0.455. The Morgan fingerprint density at radius 2 is 1.88 bits per heavy atom. The number of amides is 2. The maximum atomic E-state index is 13.0. The topological polar surface area (TPSA) is 73.9 Å². The fourth-order valence-corrected chi connectivity index (χ4v) is 4.59. The lowest BCUT2D eigenvalue weighted by Gasteiger charge is -2.38. The Morgan fingerprint density at radius 3 is 2.58 bits per heavy atom. The number of esters is 1. The maximum absolute atomic E-state index is 13.0. The highest BCUT2D eigenvalue weighted by atomic mass is 35.5. The molecule has 0 unspecified atom stereocenters. The molecule has 1 fully saturated rings. The van der Waals surface area contributed by atoms with Crippen LogP contribution >= 0.6 is 11.6 Å². The number of carbonyl (C=O) groups excluding carboxylic acids is 2. The summed E-state index contributed by atoms with van der Waals surface area (Å²) in [5, 5.41) is 6.18. The zero-order valence-electron chi connectivity index (χ0n) is 18.9. The van der Waals surface area contributed by atoms with Crippen molar-refractivity contribution in [3.63, 3.8) is 0 Å². The van der Waals surface area contributed by atoms with Crippen LogP contribution < -0.4 is 15.5 Å². The average molecular weight is 469 g/mol. The third-order valence-electron chi connectivity index (χ3n) is 5.99. The van der Waals surface area contributed by atoms with Crippen molar-refractivity contribution >= 4 is 29.3 Å². The fraction of sp³-hybridized carbons (Fsp3) is 0.360. The van der Waals surface area contributed by atoms with E-state index in [0.717, 1.165) is 26.2 Å². The van der Waals surface area contributed by atoms with Gasteiger partial charge in [-0.1, -0.05) is 41.9 Å². The average Bonchev–Trinajstić information content (AvgIpc) is 2.79. The Bertz CT molecular complexity index is 1060. The molecule has 2 amide bonds. The van der Waals surface area contributed by atoms with E-state index in [0.29, 0.717) is 28.4 Å². The van der Waals surface area contributed by atoms with E-state index in [-0.39, 0.29) is 12.6 Å². The molecule has 7 nitrogen and oxygen atoms in total. The van der Waals surface area contributed by atoms with Gasteiger partial charge in [0.15, 0.2) is 0 Å². The number of aryl methyl sites for hydroxylation is 1. The highest BCUT2D eigenvalue weighted by Gasteiger charge is 2.35. The van der Waals surface area contributed by atoms with E-state index in [4.69, 9.17) is 16.3 Å². The zero-order chi connectivity index (χ0) is 23.4. The lowest BCUT2D eigenvalue weighted by atomic mass is 9.94. The van der Waals surface area contributed by atoms with Crippen LogP contribution in [-0.4, -0.2) is 56.2 Å². The number of rotatable bonds is 6. The first-order valence-corrected chi connectivity index (χ1v) is 11.6. The molecule has 0 saturated carbocycles. The van der Waals surface area contributed by atoms with E-state index in [1.807, 2.05) is 18.2 Å². The van der Waals surface area contributed by atoms with Crippen LogP contribution in [0.5, 0.6) is 0 Å². The van der Waals surface area contributed by atoms with Gasteiger partial charge in [-0.15, -0.1) is 0 Å². The van der Waals surface area contributed by atoms with E-state index in [1.165, 1.54) is 11.3 Å². The molecule has 2 aliphatic rings. The Labute approximate surface area is 199 Å². The molecule has 2 aromatic carbocycles. The van der Waals surface area contributed by atoms with Gasteiger partial charge < -0.3 is 20.3 Å². The fourth-order valence-electron chi connectivity index (χ4n) is 4.35. The molecule has 0 aliphatic carbocycles. The van der Waals surface area contributed by atoms with Crippen molar-refractivity contribution in [2.75, 3.05) is 44.2 Å². The van der Waals surface area contributed by atoms with Crippen LogP contribution in [0.3, 0.4) is 0 Å². The number of halogens is 1. The predicted molar refractivity (Wildman–Crippen MR) is 129 cm³/mol. The third kappa shape index (κ3) is 5.31. The van der Waals surface area contributed by atoms with Crippen LogP contribution in [0.2, 0.25) is 5.02 Å². The van der Waals surface area contributed by atoms with Gasteiger partial charge in [0, 0.05) is 49.1 Å². The van der Waals surface area contributed by atoms with Gasteiger partial charge in [0.25, 0.3) is 0 Å². The van der Waals surface area contributed by atoms with Crippen LogP contribution in [0.1, 0.15) is 24.1 Å². The summed E-state index contributed by atoms with van der Waals surface area (Å²) in [7, 11) is 0. The molecular formula is C25H29ClN4O3. The first-order valence-electron chi connectivity index (χ1n) is 11.2. The summed E-state index contributed by atoms with van der Waals surface area (Å²) in [6.45, 7) is 7.91. The molecule has 0 radical (unpaired) electrons. The molecule has 4 rings (SSSR count). The molecular weight excluding hydrogens is 440 g/mol. The summed E-state index contributed by atoms with van der Waals surface area (Å²) in [6.07, 6.45) is 0. The smallest absolute Gasteiger partial charge is 0.338 e. The molecule has 2 aromatic rings. The number of carbonyl (C=O) groups is 2. The van der Waals surface area contributed by atoms with Crippen molar-refractivity contribution < 1.29 is 14.3 Å². The second-order valence-corrected chi connectivity index (χ2v) is 8.68. The van der Waals surface area contributed by atoms with Gasteiger partial charge in [0.05, 0.1) is 18.2 Å². The zero-order valence-corrected chi connectivity index (χ0v) is 19.7. The summed E-state index contributed by atoms with van der Waals surface area (Å²) < 4.78 is 5.36. The highest BCUT2D eigenvalue weighted by Crippen LogP contribution is 2.32. The Hall–Kier alpha value is -3.03. The van der Waals surface area contributed by atoms with Crippen molar-refractivity contribution in [1.82, 2.24) is 15.5 Å². The van der Waals surface area contributed by atoms with E-state index < -0.39 is 12.0 Å². The monoisotopic (exact) mass is 468 g/mol. The van der Waals surface area contributed by atoms with Gasteiger partial charge in [-0.3, -0.25) is 4.90 Å². The molecule has 8 heteroatoms. The number of nitrogens with zero attached hydrogens (tertiary/aromatic N) is 2. The van der Waals surface area contributed by atoms with Crippen molar-refractivity contribution in [3.05, 3.63) is 76.0 Å². The van der Waals surface area contributed by atoms with E-state index in [2.05, 4.69) is 51.6 Å². The number of benzene rings is 2. The Morgan fingerprint density at radius 1 is 1.12 bits per heavy atom. The van der Waals surface area contributed by atoms with Crippen LogP contribution in [0, 0.1) is 6.92 Å². The van der Waals surface area contributed by atoms with Gasteiger partial charge in [-0.05, 0) is 43.2 Å². The minimum absolute atomic E-state index is 0.244. The number of piperazine rings is 1. The number of urea groups is 1. The van der Waals surface area contributed by atoms with Crippen LogP contribution in [0.25, 0.3) is 0 Å². The van der Waals surface area contributed by atoms with Gasteiger partial charge in [-0.2, -0.15) is 0 Å². The number of ether oxygens (including phenoxy) is 1. The summed E-state index contributed by atoms with van der Waals surface area (Å²) in [4.78, 5) is 30.1. The summed E-state index contributed by atoms with van der Waals surface area (Å²) in [6, 6.07) is 14.7. The molecule has 0 bridgehead atoms. The van der Waals surface area contributed by atoms with Gasteiger partial charge in [0.1, 0.15) is 0 Å². The van der Waals surface area contributed by atoms with Crippen LogP contribution in [0.15, 0.2) is 59.8 Å². The van der Waals surface area contributed by atoms with Crippen molar-refractivity contribution in [2.45, 2.75) is 19.9 Å². The molecule has 2 N–H and O–H groups in total. The van der Waals surface area contributed by atoms with Crippen molar-refractivity contribution in [3.8, 4) is 0 Å². The van der Waals surface area contributed by atoms with Crippen LogP contribution in [-0.2, 0) is 9.53 Å². The first kappa shape index (κ1) is 23.1. The van der Waals surface area contributed by atoms with Crippen LogP contribution in [0.4, 0.5) is 10.5 Å². The third-order valence-corrected chi connectivity index (χ3v) is 6.33. The number of anilines is 1. The maximum Gasteiger partial charge on any atom is 0.338 e. The predicted octanol–water partition coefficient (Wildman–Crippen LogP) is 3.64. The van der Waals surface area contributed by atoms with E-state index >= 15 is 0 Å². The van der Waals surface area contributed by atoms with Crippen molar-refractivity contribution in [1.29, 1.82) is 0 Å². The molecule has 1 atom stereocenters. The largest absolute Gasteiger partial charge is 0.463 e. The van der Waals surface area contributed by atoms with Crippen molar-refractivity contribution in [2.24, 2.45) is 0 Å². The molecule has 0 spiro atoms. The second-order valence-electron chi connectivity index (χ2n) is 8.27. The normalized spacial score (nSPS) is 19.2. The standard InChI is InChI=1S/C25H29ClN4O3/c1-3-33-24(31)22-21(27-25(32)28-23(22)19-9-4-5-10-20(19)26)16-29-11-13-30(14-12-29)18-8-6-7-17(2)15-18/h4-10,15,23H,3,11-14,16H2,1-2H3,(H2,27,28,32)/t23-/m1/s1. The quantitative estimate of drug-likeness (QED) is 0.633. The van der Waals surface area contributed by atoms with E-state index in [9.17, 15) is 9.59 Å². The Balaban J connectivity index is 1.57. The lowest BCUT2D eigenvalue weighted by Crippen LogP contribution is -2.51. The number of hydrogen-bond donors (Lipinski definition) is 2. The highest BCUT2D eigenvalue weighted by molar-refractivity contribution is 6.31. The second kappa shape index (κ2) is 10.3. The van der Waals surface area contributed by atoms with E-state index in [1.54, 1.807) is 13.0 Å². The number of nitrogens with one attached hydrogen (secondary N) is 2. The molecule has 2 aliphatic heterocycles. The minimum atomic E-state index is -0.671. The SMILES string of the molecule is CCOC(=O)C1=C(CN2CCN(c3cccc(C)c3)CC2)NC(=O)N[C@@H]1c1ccccc1Cl. The Kier molecular flexibility index (Phi) is 7.20. The van der Waals surface area contributed by atoms with Gasteiger partial charge in [-0.25, -0.2) is 9.59 Å². The molecule has 174 valence electrons. The molecule has 2 heterocycles. The molecule has 1 saturated heterocycles. The molecule has 33 heavy (non-hydrogen) atoms. The molecule has 0 aromatic heterocycles. The first-order chi connectivity index (χ1) is 16.0. The van der Waals surface area contributed by atoms with Gasteiger partial charge in [0.2, 0.25) is 0 Å².